The Kier molecular flexibility index (Phi) is 7.04. The molecule has 0 bridgehead atoms. The molecule has 0 fully saturated rings. The molecule has 0 aromatic heterocycles. The number of aliphatic carboxylic acids is 1. The third-order valence-electron chi connectivity index (χ3n) is 5.42. The first-order chi connectivity index (χ1) is 16.5. The van der Waals surface area contributed by atoms with Gasteiger partial charge in [0.15, 0.2) is 0 Å². The van der Waals surface area contributed by atoms with Gasteiger partial charge >= 0.3 is 5.97 Å². The minimum absolute atomic E-state index is 0.265. The molecule has 0 heterocycles. The molecule has 0 atom stereocenters. The number of nitrogens with one attached hydrogen (secondary N) is 1. The molecule has 0 saturated heterocycles. The van der Waals surface area contributed by atoms with Crippen molar-refractivity contribution in [1.29, 1.82) is 0 Å². The molecule has 5 heteroatoms. The van der Waals surface area contributed by atoms with Gasteiger partial charge in [-0.25, -0.2) is 4.79 Å². The number of anilines is 1. The van der Waals surface area contributed by atoms with E-state index in [0.29, 0.717) is 35.6 Å². The average Bonchev–Trinajstić information content (AvgIpc) is 2.83. The van der Waals surface area contributed by atoms with E-state index in [0.717, 1.165) is 17.2 Å². The van der Waals surface area contributed by atoms with Crippen molar-refractivity contribution in [3.63, 3.8) is 0 Å². The molecule has 0 radical (unpaired) electrons. The van der Waals surface area contributed by atoms with E-state index in [4.69, 9.17) is 9.84 Å². The molecule has 0 aliphatic carbocycles. The largest absolute Gasteiger partial charge is 0.493 e. The Hall–Kier alpha value is -4.38. The van der Waals surface area contributed by atoms with Crippen LogP contribution >= 0.6 is 0 Å². The van der Waals surface area contributed by atoms with Crippen molar-refractivity contribution in [2.24, 2.45) is 0 Å². The lowest BCUT2D eigenvalue weighted by Gasteiger charge is -2.12. The van der Waals surface area contributed by atoms with Gasteiger partial charge in [0.25, 0.3) is 5.91 Å². The summed E-state index contributed by atoms with van der Waals surface area (Å²) in [5.74, 6) is -0.864. The maximum Gasteiger partial charge on any atom is 0.328 e. The summed E-state index contributed by atoms with van der Waals surface area (Å²) < 4.78 is 6.02. The van der Waals surface area contributed by atoms with Crippen molar-refractivity contribution >= 4 is 34.4 Å². The minimum Gasteiger partial charge on any atom is -0.493 e. The van der Waals surface area contributed by atoms with Gasteiger partial charge in [-0.15, -0.1) is 0 Å². The molecule has 2 N–H and O–H groups in total. The van der Waals surface area contributed by atoms with Crippen LogP contribution < -0.4 is 10.1 Å². The maximum atomic E-state index is 12.8. The van der Waals surface area contributed by atoms with Crippen LogP contribution in [0.25, 0.3) is 16.8 Å². The van der Waals surface area contributed by atoms with E-state index in [9.17, 15) is 9.59 Å². The fourth-order valence-electron chi connectivity index (χ4n) is 3.70. The van der Waals surface area contributed by atoms with Gasteiger partial charge in [-0.05, 0) is 59.2 Å². The zero-order valence-electron chi connectivity index (χ0n) is 18.8. The molecule has 0 spiro atoms. The number of carboxylic acid groups (broad SMARTS) is 1. The zero-order valence-corrected chi connectivity index (χ0v) is 18.8. The number of carbonyl (C=O) groups is 2. The molecule has 4 aromatic rings. The number of carbonyl (C=O) groups excluding carboxylic acids is 1. The number of hydrogen-bond donors (Lipinski definition) is 2. The standard InChI is InChI=1S/C29H25NO4/c1-20-5-4-8-26(17-20)30-29(33)25-12-11-23(13-14-28(31)32)27(19-25)34-16-15-21-9-10-22-6-2-3-7-24(22)18-21/h2-14,17-19H,15-16H2,1H3,(H,30,33)(H,31,32)/b14-13+. The van der Waals surface area contributed by atoms with E-state index >= 15 is 0 Å². The van der Waals surface area contributed by atoms with Crippen LogP contribution in [0, 0.1) is 6.92 Å². The Morgan fingerprint density at radius 3 is 2.53 bits per heavy atom. The topological polar surface area (TPSA) is 75.6 Å². The van der Waals surface area contributed by atoms with E-state index in [2.05, 4.69) is 35.6 Å². The number of fused-ring (bicyclic) bond motifs is 1. The highest BCUT2D eigenvalue weighted by Crippen LogP contribution is 2.24. The normalized spacial score (nSPS) is 11.0. The van der Waals surface area contributed by atoms with Crippen LogP contribution in [0.5, 0.6) is 5.75 Å². The van der Waals surface area contributed by atoms with Gasteiger partial charge in [-0.3, -0.25) is 4.79 Å². The first-order valence-electron chi connectivity index (χ1n) is 11.0. The van der Waals surface area contributed by atoms with Gasteiger partial charge in [0.05, 0.1) is 6.61 Å². The molecule has 1 amide bonds. The van der Waals surface area contributed by atoms with Crippen LogP contribution in [0.4, 0.5) is 5.69 Å². The average molecular weight is 452 g/mol. The van der Waals surface area contributed by atoms with Crippen molar-refractivity contribution in [2.45, 2.75) is 13.3 Å². The van der Waals surface area contributed by atoms with Crippen LogP contribution in [0.2, 0.25) is 0 Å². The van der Waals surface area contributed by atoms with Crippen molar-refractivity contribution in [1.82, 2.24) is 0 Å². The van der Waals surface area contributed by atoms with E-state index in [1.165, 1.54) is 16.8 Å². The Balaban J connectivity index is 1.51. The summed E-state index contributed by atoms with van der Waals surface area (Å²) >= 11 is 0. The second kappa shape index (κ2) is 10.5. The molecule has 5 nitrogen and oxygen atoms in total. The molecule has 0 saturated carbocycles. The lowest BCUT2D eigenvalue weighted by molar-refractivity contribution is -0.131. The van der Waals surface area contributed by atoms with Gasteiger partial charge in [0, 0.05) is 29.3 Å². The fraction of sp³-hybridized carbons (Fsp3) is 0.103. The molecule has 4 rings (SSSR count). The highest BCUT2D eigenvalue weighted by atomic mass is 16.5. The smallest absolute Gasteiger partial charge is 0.328 e. The number of ether oxygens (including phenoxy) is 1. The molecule has 0 aliphatic rings. The number of rotatable bonds is 8. The third-order valence-corrected chi connectivity index (χ3v) is 5.42. The second-order valence-electron chi connectivity index (χ2n) is 8.03. The fourth-order valence-corrected chi connectivity index (χ4v) is 3.70. The Morgan fingerprint density at radius 1 is 0.912 bits per heavy atom. The number of amides is 1. The monoisotopic (exact) mass is 451 g/mol. The quantitative estimate of drug-likeness (QED) is 0.317. The van der Waals surface area contributed by atoms with E-state index in [-0.39, 0.29) is 5.91 Å². The number of benzene rings is 4. The molecular weight excluding hydrogens is 426 g/mol. The molecular formula is C29H25NO4. The van der Waals surface area contributed by atoms with Gasteiger partial charge in [-0.2, -0.15) is 0 Å². The number of carboxylic acids is 1. The van der Waals surface area contributed by atoms with Gasteiger partial charge in [0.2, 0.25) is 0 Å². The van der Waals surface area contributed by atoms with Crippen LogP contribution in [0.3, 0.4) is 0 Å². The number of aryl methyl sites for hydroxylation is 1. The molecule has 4 aromatic carbocycles. The highest BCUT2D eigenvalue weighted by molar-refractivity contribution is 6.04. The second-order valence-corrected chi connectivity index (χ2v) is 8.03. The summed E-state index contributed by atoms with van der Waals surface area (Å²) in [5.41, 5.74) is 3.90. The minimum atomic E-state index is -1.05. The summed E-state index contributed by atoms with van der Waals surface area (Å²) in [6, 6.07) is 27.0. The lowest BCUT2D eigenvalue weighted by atomic mass is 10.1. The van der Waals surface area contributed by atoms with Crippen LogP contribution in [-0.4, -0.2) is 23.6 Å². The lowest BCUT2D eigenvalue weighted by Crippen LogP contribution is -2.12. The van der Waals surface area contributed by atoms with Crippen molar-refractivity contribution in [2.75, 3.05) is 11.9 Å². The van der Waals surface area contributed by atoms with E-state index in [1.807, 2.05) is 43.3 Å². The van der Waals surface area contributed by atoms with Crippen molar-refractivity contribution < 1.29 is 19.4 Å². The summed E-state index contributed by atoms with van der Waals surface area (Å²) in [4.78, 5) is 23.8. The van der Waals surface area contributed by atoms with E-state index < -0.39 is 5.97 Å². The Labute approximate surface area is 198 Å². The molecule has 0 aliphatic heterocycles. The highest BCUT2D eigenvalue weighted by Gasteiger charge is 2.11. The summed E-state index contributed by atoms with van der Waals surface area (Å²) in [7, 11) is 0. The van der Waals surface area contributed by atoms with Gasteiger partial charge in [0.1, 0.15) is 5.75 Å². The number of hydrogen-bond acceptors (Lipinski definition) is 3. The van der Waals surface area contributed by atoms with Crippen molar-refractivity contribution in [3.8, 4) is 5.75 Å². The van der Waals surface area contributed by atoms with Crippen LogP contribution in [0.1, 0.15) is 27.0 Å². The summed E-state index contributed by atoms with van der Waals surface area (Å²) in [6.07, 6.45) is 3.20. The predicted octanol–water partition coefficient (Wildman–Crippen LogP) is 6.12. The molecule has 170 valence electrons. The maximum absolute atomic E-state index is 12.8. The van der Waals surface area contributed by atoms with Gasteiger partial charge < -0.3 is 15.2 Å². The van der Waals surface area contributed by atoms with Crippen LogP contribution in [-0.2, 0) is 11.2 Å². The van der Waals surface area contributed by atoms with Crippen molar-refractivity contribution in [3.05, 3.63) is 113 Å². The Morgan fingerprint density at radius 2 is 1.74 bits per heavy atom. The first-order valence-corrected chi connectivity index (χ1v) is 11.0. The third kappa shape index (κ3) is 5.90. The first kappa shape index (κ1) is 22.8. The van der Waals surface area contributed by atoms with Crippen LogP contribution in [0.15, 0.2) is 91.0 Å². The Bertz CT molecular complexity index is 1370. The summed E-state index contributed by atoms with van der Waals surface area (Å²) in [5, 5.41) is 14.3. The van der Waals surface area contributed by atoms with E-state index in [1.54, 1.807) is 18.2 Å². The molecule has 0 unspecified atom stereocenters. The zero-order chi connectivity index (χ0) is 23.9. The molecule has 34 heavy (non-hydrogen) atoms. The summed E-state index contributed by atoms with van der Waals surface area (Å²) in [6.45, 7) is 2.34. The van der Waals surface area contributed by atoms with Gasteiger partial charge in [-0.1, -0.05) is 60.7 Å². The SMILES string of the molecule is Cc1cccc(NC(=O)c2ccc(/C=C/C(=O)O)c(OCCc3ccc4ccccc4c3)c2)c1. The predicted molar refractivity (Wildman–Crippen MR) is 135 cm³/mol.